The molecule has 19 heavy (non-hydrogen) atoms. The van der Waals surface area contributed by atoms with E-state index in [4.69, 9.17) is 9.47 Å². The van der Waals surface area contributed by atoms with Crippen LogP contribution in [0.25, 0.3) is 0 Å². The van der Waals surface area contributed by atoms with Crippen LogP contribution in [0.2, 0.25) is 0 Å². The quantitative estimate of drug-likeness (QED) is 0.700. The molecule has 1 heterocycles. The highest BCUT2D eigenvalue weighted by Crippen LogP contribution is 2.24. The zero-order valence-corrected chi connectivity index (χ0v) is 12.8. The Morgan fingerprint density at radius 1 is 1.37 bits per heavy atom. The third-order valence-corrected chi connectivity index (χ3v) is 4.62. The summed E-state index contributed by atoms with van der Waals surface area (Å²) in [5, 5.41) is 0. The highest BCUT2D eigenvalue weighted by Gasteiger charge is 2.40. The fourth-order valence-corrected chi connectivity index (χ4v) is 3.58. The third-order valence-electron chi connectivity index (χ3n) is 2.79. The normalized spacial score (nSPS) is 21.6. The smallest absolute Gasteiger partial charge is 0.324 e. The van der Waals surface area contributed by atoms with Crippen LogP contribution in [0.5, 0.6) is 0 Å². The van der Waals surface area contributed by atoms with Gasteiger partial charge in [0.15, 0.2) is 0 Å². The maximum atomic E-state index is 12.1. The molecule has 0 aliphatic carbocycles. The van der Waals surface area contributed by atoms with Crippen LogP contribution in [-0.2, 0) is 24.3 Å². The van der Waals surface area contributed by atoms with Crippen molar-refractivity contribution < 1.29 is 22.7 Å². The van der Waals surface area contributed by atoms with E-state index in [1.807, 2.05) is 0 Å². The van der Waals surface area contributed by atoms with Crippen LogP contribution in [0.15, 0.2) is 0 Å². The van der Waals surface area contributed by atoms with Crippen molar-refractivity contribution in [2.75, 3.05) is 26.0 Å². The van der Waals surface area contributed by atoms with Gasteiger partial charge < -0.3 is 9.47 Å². The molecule has 1 aliphatic heterocycles. The molecule has 0 saturated carbocycles. The molecule has 0 N–H and O–H groups in total. The van der Waals surface area contributed by atoms with E-state index in [1.165, 1.54) is 11.4 Å². The van der Waals surface area contributed by atoms with Crippen LogP contribution in [0, 0.1) is 0 Å². The Balaban J connectivity index is 2.76. The number of hydrogen-bond acceptors (Lipinski definition) is 5. The van der Waals surface area contributed by atoms with E-state index in [9.17, 15) is 13.2 Å². The second kappa shape index (κ2) is 6.19. The zero-order chi connectivity index (χ0) is 14.7. The van der Waals surface area contributed by atoms with Gasteiger partial charge in [0.1, 0.15) is 11.6 Å². The average molecular weight is 293 g/mol. The number of hydrogen-bond donors (Lipinski definition) is 0. The Morgan fingerprint density at radius 2 is 2.00 bits per heavy atom. The first-order chi connectivity index (χ1) is 8.67. The van der Waals surface area contributed by atoms with E-state index in [0.717, 1.165) is 0 Å². The number of carbonyl (C=O) groups excluding carboxylic acids is 1. The molecular weight excluding hydrogens is 270 g/mol. The molecular formula is C12H23NO5S. The summed E-state index contributed by atoms with van der Waals surface area (Å²) in [6.07, 6.45) is 1.19. The van der Waals surface area contributed by atoms with Crippen LogP contribution in [0.4, 0.5) is 0 Å². The van der Waals surface area contributed by atoms with Crippen molar-refractivity contribution in [2.45, 2.75) is 45.3 Å². The molecule has 0 aromatic heterocycles. The van der Waals surface area contributed by atoms with Crippen molar-refractivity contribution in [2.24, 2.45) is 0 Å². The number of sulfonamides is 1. The van der Waals surface area contributed by atoms with Gasteiger partial charge in [-0.1, -0.05) is 0 Å². The molecule has 0 bridgehead atoms. The van der Waals surface area contributed by atoms with Gasteiger partial charge in [0, 0.05) is 13.7 Å². The van der Waals surface area contributed by atoms with Crippen molar-refractivity contribution >= 4 is 16.0 Å². The van der Waals surface area contributed by atoms with Crippen LogP contribution >= 0.6 is 0 Å². The maximum Gasteiger partial charge on any atom is 0.324 e. The van der Waals surface area contributed by atoms with E-state index in [0.29, 0.717) is 19.4 Å². The lowest BCUT2D eigenvalue weighted by molar-refractivity contribution is -0.158. The molecule has 0 unspecified atom stereocenters. The van der Waals surface area contributed by atoms with Gasteiger partial charge in [-0.25, -0.2) is 8.42 Å². The third kappa shape index (κ3) is 4.74. The lowest BCUT2D eigenvalue weighted by atomic mass is 10.2. The highest BCUT2D eigenvalue weighted by atomic mass is 32.2. The van der Waals surface area contributed by atoms with Crippen LogP contribution in [-0.4, -0.2) is 56.3 Å². The Bertz CT molecular complexity index is 412. The van der Waals surface area contributed by atoms with E-state index in [1.54, 1.807) is 20.8 Å². The van der Waals surface area contributed by atoms with Crippen LogP contribution < -0.4 is 0 Å². The molecule has 1 atom stereocenters. The van der Waals surface area contributed by atoms with Gasteiger partial charge in [0.2, 0.25) is 10.0 Å². The van der Waals surface area contributed by atoms with E-state index >= 15 is 0 Å². The minimum atomic E-state index is -3.46. The first kappa shape index (κ1) is 16.4. The van der Waals surface area contributed by atoms with Gasteiger partial charge in [0.05, 0.1) is 12.4 Å². The molecule has 0 aromatic rings. The first-order valence-electron chi connectivity index (χ1n) is 6.39. The molecule has 1 fully saturated rings. The molecule has 0 aromatic carbocycles. The van der Waals surface area contributed by atoms with Crippen molar-refractivity contribution in [3.05, 3.63) is 0 Å². The minimum Gasteiger partial charge on any atom is -0.459 e. The predicted octanol–water partition coefficient (Wildman–Crippen LogP) is 0.769. The summed E-state index contributed by atoms with van der Waals surface area (Å²) in [6, 6.07) is -0.693. The van der Waals surface area contributed by atoms with Crippen LogP contribution in [0.1, 0.15) is 33.6 Å². The Labute approximate surface area is 115 Å². The second-order valence-corrected chi connectivity index (χ2v) is 7.65. The summed E-state index contributed by atoms with van der Waals surface area (Å²) in [7, 11) is -2.02. The molecule has 112 valence electrons. The van der Waals surface area contributed by atoms with Gasteiger partial charge >= 0.3 is 5.97 Å². The monoisotopic (exact) mass is 293 g/mol. The summed E-state index contributed by atoms with van der Waals surface area (Å²) in [5.41, 5.74) is -0.609. The van der Waals surface area contributed by atoms with Crippen molar-refractivity contribution in [3.63, 3.8) is 0 Å². The molecule has 0 radical (unpaired) electrons. The SMILES string of the molecule is COCCS(=O)(=O)N1CCC[C@H]1C(=O)OC(C)(C)C. The number of carbonyl (C=O) groups is 1. The molecule has 6 nitrogen and oxygen atoms in total. The summed E-state index contributed by atoms with van der Waals surface area (Å²) >= 11 is 0. The second-order valence-electron chi connectivity index (χ2n) is 5.61. The molecule has 1 rings (SSSR count). The Kier molecular flexibility index (Phi) is 5.34. The average Bonchev–Trinajstić information content (AvgIpc) is 2.73. The largest absolute Gasteiger partial charge is 0.459 e. The lowest BCUT2D eigenvalue weighted by Crippen LogP contribution is -2.44. The van der Waals surface area contributed by atoms with Gasteiger partial charge in [0.25, 0.3) is 0 Å². The number of nitrogens with zero attached hydrogens (tertiary/aromatic N) is 1. The molecule has 0 amide bonds. The maximum absolute atomic E-state index is 12.1. The van der Waals surface area contributed by atoms with E-state index in [-0.39, 0.29) is 12.4 Å². The van der Waals surface area contributed by atoms with E-state index < -0.39 is 27.6 Å². The van der Waals surface area contributed by atoms with Crippen LogP contribution in [0.3, 0.4) is 0 Å². The topological polar surface area (TPSA) is 72.9 Å². The summed E-state index contributed by atoms with van der Waals surface area (Å²) < 4.78 is 35.5. The molecule has 7 heteroatoms. The molecule has 1 saturated heterocycles. The zero-order valence-electron chi connectivity index (χ0n) is 12.0. The predicted molar refractivity (Wildman–Crippen MR) is 71.2 cm³/mol. The molecule has 0 spiro atoms. The van der Waals surface area contributed by atoms with Crippen molar-refractivity contribution in [3.8, 4) is 0 Å². The standard InChI is InChI=1S/C12H23NO5S/c1-12(2,3)18-11(14)10-6-5-7-13(10)19(15,16)9-8-17-4/h10H,5-9H2,1-4H3/t10-/m0/s1. The first-order valence-corrected chi connectivity index (χ1v) is 7.99. The summed E-state index contributed by atoms with van der Waals surface area (Å²) in [6.45, 7) is 5.80. The fourth-order valence-electron chi connectivity index (χ4n) is 1.98. The van der Waals surface area contributed by atoms with Gasteiger partial charge in [-0.2, -0.15) is 4.31 Å². The van der Waals surface area contributed by atoms with Crippen molar-refractivity contribution in [1.82, 2.24) is 4.31 Å². The minimum absolute atomic E-state index is 0.108. The number of esters is 1. The number of methoxy groups -OCH3 is 1. The highest BCUT2D eigenvalue weighted by molar-refractivity contribution is 7.89. The van der Waals surface area contributed by atoms with Gasteiger partial charge in [-0.05, 0) is 33.6 Å². The van der Waals surface area contributed by atoms with E-state index in [2.05, 4.69) is 0 Å². The summed E-state index contributed by atoms with van der Waals surface area (Å²) in [4.78, 5) is 12.0. The van der Waals surface area contributed by atoms with Gasteiger partial charge in [-0.3, -0.25) is 4.79 Å². The van der Waals surface area contributed by atoms with Crippen molar-refractivity contribution in [1.29, 1.82) is 0 Å². The Morgan fingerprint density at radius 3 is 2.53 bits per heavy atom. The lowest BCUT2D eigenvalue weighted by Gasteiger charge is -2.26. The number of rotatable bonds is 5. The van der Waals surface area contributed by atoms with Gasteiger partial charge in [-0.15, -0.1) is 0 Å². The summed E-state index contributed by atoms with van der Waals surface area (Å²) in [5.74, 6) is -0.575. The number of ether oxygens (including phenoxy) is 2. The molecule has 1 aliphatic rings. The Hall–Kier alpha value is -0.660. The fraction of sp³-hybridized carbons (Fsp3) is 0.917.